The molecule has 1 heteroatoms. The third-order valence-electron chi connectivity index (χ3n) is 1.17. The lowest BCUT2D eigenvalue weighted by atomic mass is 10.2. The fourth-order valence-corrected chi connectivity index (χ4v) is 0.556. The van der Waals surface area contributed by atoms with Gasteiger partial charge in [-0.1, -0.05) is 32.4 Å². The molecular weight excluding hydrogens is 110 g/mol. The second kappa shape index (κ2) is 5.42. The second-order valence-corrected chi connectivity index (χ2v) is 2.05. The zero-order chi connectivity index (χ0) is 7.11. The van der Waals surface area contributed by atoms with Gasteiger partial charge in [0.05, 0.1) is 0 Å². The van der Waals surface area contributed by atoms with Gasteiger partial charge in [0.2, 0.25) is 0 Å². The Hall–Kier alpha value is -0.720. The van der Waals surface area contributed by atoms with E-state index in [-0.39, 0.29) is 0 Å². The largest absolute Gasteiger partial charge is 0.399 e. The molecule has 0 aliphatic heterocycles. The van der Waals surface area contributed by atoms with Crippen molar-refractivity contribution < 1.29 is 0 Å². The molecule has 0 atom stereocenters. The highest BCUT2D eigenvalue weighted by Crippen LogP contribution is 1.96. The molecule has 0 aliphatic carbocycles. The fraction of sp³-hybridized carbons (Fsp3) is 0.500. The Bertz CT molecular complexity index is 103. The van der Waals surface area contributed by atoms with E-state index in [4.69, 9.17) is 5.73 Å². The van der Waals surface area contributed by atoms with Gasteiger partial charge in [-0.3, -0.25) is 0 Å². The lowest BCUT2D eigenvalue weighted by Gasteiger charge is -1.90. The number of unbranched alkanes of at least 4 members (excludes halogenated alkanes) is 2. The van der Waals surface area contributed by atoms with Crippen LogP contribution in [0.3, 0.4) is 0 Å². The average molecular weight is 125 g/mol. The van der Waals surface area contributed by atoms with Gasteiger partial charge in [0, 0.05) is 5.70 Å². The van der Waals surface area contributed by atoms with Crippen LogP contribution in [-0.4, -0.2) is 0 Å². The number of hydrogen-bond acceptors (Lipinski definition) is 1. The molecule has 0 bridgehead atoms. The van der Waals surface area contributed by atoms with Gasteiger partial charge in [0.15, 0.2) is 0 Å². The summed E-state index contributed by atoms with van der Waals surface area (Å²) in [6, 6.07) is 0. The van der Waals surface area contributed by atoms with Gasteiger partial charge in [-0.05, 0) is 12.5 Å². The molecule has 0 aromatic heterocycles. The summed E-state index contributed by atoms with van der Waals surface area (Å²) in [4.78, 5) is 0. The zero-order valence-corrected chi connectivity index (χ0v) is 6.06. The van der Waals surface area contributed by atoms with Crippen LogP contribution in [0.5, 0.6) is 0 Å². The summed E-state index contributed by atoms with van der Waals surface area (Å²) in [5.74, 6) is 0. The standard InChI is InChI=1S/C8H15N/c1-3-5-6-7-8(9)4-2/h4,7H,2-3,5-6,9H2,1H3. The predicted molar refractivity (Wildman–Crippen MR) is 42.0 cm³/mol. The first-order chi connectivity index (χ1) is 4.31. The van der Waals surface area contributed by atoms with E-state index < -0.39 is 0 Å². The second-order valence-electron chi connectivity index (χ2n) is 2.05. The smallest absolute Gasteiger partial charge is 0.0267 e. The minimum Gasteiger partial charge on any atom is -0.399 e. The summed E-state index contributed by atoms with van der Waals surface area (Å²) in [7, 11) is 0. The van der Waals surface area contributed by atoms with E-state index in [0.717, 1.165) is 12.1 Å². The van der Waals surface area contributed by atoms with Gasteiger partial charge in [-0.2, -0.15) is 0 Å². The van der Waals surface area contributed by atoms with Crippen LogP contribution in [-0.2, 0) is 0 Å². The summed E-state index contributed by atoms with van der Waals surface area (Å²) in [6.45, 7) is 5.71. The Morgan fingerprint density at radius 3 is 2.78 bits per heavy atom. The molecule has 0 heterocycles. The summed E-state index contributed by atoms with van der Waals surface area (Å²) >= 11 is 0. The van der Waals surface area contributed by atoms with Crippen LogP contribution in [0, 0.1) is 0 Å². The maximum absolute atomic E-state index is 5.46. The van der Waals surface area contributed by atoms with Crippen molar-refractivity contribution in [2.75, 3.05) is 0 Å². The van der Waals surface area contributed by atoms with Crippen molar-refractivity contribution in [1.82, 2.24) is 0 Å². The van der Waals surface area contributed by atoms with Crippen LogP contribution in [0.25, 0.3) is 0 Å². The van der Waals surface area contributed by atoms with E-state index in [2.05, 4.69) is 13.5 Å². The summed E-state index contributed by atoms with van der Waals surface area (Å²) in [5, 5.41) is 0. The van der Waals surface area contributed by atoms with Gasteiger partial charge in [0.1, 0.15) is 0 Å². The van der Waals surface area contributed by atoms with E-state index in [1.54, 1.807) is 6.08 Å². The Labute approximate surface area is 57.3 Å². The number of allylic oxidation sites excluding steroid dienone is 2. The quantitative estimate of drug-likeness (QED) is 0.452. The van der Waals surface area contributed by atoms with E-state index >= 15 is 0 Å². The lowest BCUT2D eigenvalue weighted by molar-refractivity contribution is 0.811. The molecule has 0 amide bonds. The summed E-state index contributed by atoms with van der Waals surface area (Å²) < 4.78 is 0. The monoisotopic (exact) mass is 125 g/mol. The van der Waals surface area contributed by atoms with Crippen molar-refractivity contribution in [2.24, 2.45) is 5.73 Å². The van der Waals surface area contributed by atoms with Crippen molar-refractivity contribution in [1.29, 1.82) is 0 Å². The van der Waals surface area contributed by atoms with Crippen LogP contribution in [0.4, 0.5) is 0 Å². The van der Waals surface area contributed by atoms with Crippen molar-refractivity contribution in [3.63, 3.8) is 0 Å². The first-order valence-corrected chi connectivity index (χ1v) is 3.39. The Morgan fingerprint density at radius 1 is 1.67 bits per heavy atom. The molecule has 0 aliphatic rings. The highest BCUT2D eigenvalue weighted by Gasteiger charge is 1.80. The highest BCUT2D eigenvalue weighted by molar-refractivity contribution is 5.10. The third-order valence-corrected chi connectivity index (χ3v) is 1.17. The fourth-order valence-electron chi connectivity index (χ4n) is 0.556. The van der Waals surface area contributed by atoms with Gasteiger partial charge in [-0.25, -0.2) is 0 Å². The molecular formula is C8H15N. The molecule has 0 aromatic rings. The molecule has 0 unspecified atom stereocenters. The normalized spacial score (nSPS) is 11.4. The molecule has 0 aromatic carbocycles. The zero-order valence-electron chi connectivity index (χ0n) is 6.06. The van der Waals surface area contributed by atoms with Crippen molar-refractivity contribution in [3.8, 4) is 0 Å². The van der Waals surface area contributed by atoms with Crippen LogP contribution in [0.15, 0.2) is 24.4 Å². The van der Waals surface area contributed by atoms with Crippen LogP contribution in [0.1, 0.15) is 26.2 Å². The maximum atomic E-state index is 5.46. The molecule has 0 rings (SSSR count). The molecule has 52 valence electrons. The minimum atomic E-state index is 0.795. The lowest BCUT2D eigenvalue weighted by Crippen LogP contribution is -1.90. The SMILES string of the molecule is C=CC(N)=CCCCC. The molecule has 0 fully saturated rings. The van der Waals surface area contributed by atoms with Crippen molar-refractivity contribution in [3.05, 3.63) is 24.4 Å². The molecule has 9 heavy (non-hydrogen) atoms. The molecule has 0 spiro atoms. The van der Waals surface area contributed by atoms with Crippen molar-refractivity contribution >= 4 is 0 Å². The minimum absolute atomic E-state index is 0.795. The maximum Gasteiger partial charge on any atom is 0.0267 e. The Kier molecular flexibility index (Phi) is 4.98. The van der Waals surface area contributed by atoms with E-state index in [9.17, 15) is 0 Å². The first-order valence-electron chi connectivity index (χ1n) is 3.39. The Balaban J connectivity index is 3.31. The first kappa shape index (κ1) is 8.28. The van der Waals surface area contributed by atoms with Gasteiger partial charge in [-0.15, -0.1) is 0 Å². The van der Waals surface area contributed by atoms with Crippen LogP contribution < -0.4 is 5.73 Å². The van der Waals surface area contributed by atoms with E-state index in [0.29, 0.717) is 0 Å². The number of nitrogens with two attached hydrogens (primary N) is 1. The van der Waals surface area contributed by atoms with Gasteiger partial charge in [0.25, 0.3) is 0 Å². The predicted octanol–water partition coefficient (Wildman–Crippen LogP) is 2.21. The molecule has 0 saturated carbocycles. The molecule has 0 radical (unpaired) electrons. The number of rotatable bonds is 4. The van der Waals surface area contributed by atoms with Crippen molar-refractivity contribution in [2.45, 2.75) is 26.2 Å². The van der Waals surface area contributed by atoms with Crippen LogP contribution in [0.2, 0.25) is 0 Å². The molecule has 1 nitrogen and oxygen atoms in total. The highest BCUT2D eigenvalue weighted by atomic mass is 14.5. The van der Waals surface area contributed by atoms with Gasteiger partial charge >= 0.3 is 0 Å². The van der Waals surface area contributed by atoms with Crippen LogP contribution >= 0.6 is 0 Å². The third kappa shape index (κ3) is 5.15. The molecule has 0 saturated heterocycles. The number of hydrogen-bond donors (Lipinski definition) is 1. The van der Waals surface area contributed by atoms with E-state index in [1.807, 2.05) is 6.08 Å². The summed E-state index contributed by atoms with van der Waals surface area (Å²) in [5.41, 5.74) is 6.25. The molecule has 2 N–H and O–H groups in total. The topological polar surface area (TPSA) is 26.0 Å². The summed E-state index contributed by atoms with van der Waals surface area (Å²) in [6.07, 6.45) is 7.20. The average Bonchev–Trinajstić information content (AvgIpc) is 1.89. The van der Waals surface area contributed by atoms with E-state index in [1.165, 1.54) is 12.8 Å². The Morgan fingerprint density at radius 2 is 2.33 bits per heavy atom. The van der Waals surface area contributed by atoms with Gasteiger partial charge < -0.3 is 5.73 Å².